The summed E-state index contributed by atoms with van der Waals surface area (Å²) in [4.78, 5) is 216. The highest BCUT2D eigenvalue weighted by atomic mass is 35.5. The normalized spacial score (nSPS) is 26.5. The number of fused-ring (bicyclic) bond motifs is 3. The van der Waals surface area contributed by atoms with Crippen molar-refractivity contribution in [2.45, 2.75) is 342 Å². The van der Waals surface area contributed by atoms with Crippen LogP contribution < -0.4 is 65.1 Å². The van der Waals surface area contributed by atoms with E-state index < -0.39 is 190 Å². The number of carbonyl (C=O) groups excluding carboxylic acids is 15. The number of nitrogens with two attached hydrogens (primary N) is 3. The van der Waals surface area contributed by atoms with E-state index in [-0.39, 0.29) is 65.8 Å². The van der Waals surface area contributed by atoms with Crippen molar-refractivity contribution in [2.75, 3.05) is 19.6 Å². The van der Waals surface area contributed by atoms with Crippen molar-refractivity contribution in [2.24, 2.45) is 92.1 Å². The van der Waals surface area contributed by atoms with Gasteiger partial charge < -0.3 is 79.8 Å². The molecule has 3 unspecified atom stereocenters. The van der Waals surface area contributed by atoms with Gasteiger partial charge in [0.1, 0.15) is 44.9 Å². The highest BCUT2D eigenvalue weighted by Gasteiger charge is 2.76. The van der Waals surface area contributed by atoms with Crippen molar-refractivity contribution in [3.63, 3.8) is 0 Å². The van der Waals surface area contributed by atoms with Gasteiger partial charge in [0.15, 0.2) is 0 Å². The minimum absolute atomic E-state index is 0.0901. The molecule has 33 nitrogen and oxygen atoms in total. The molecule has 9 saturated carbocycles. The number of hydrogen-bond donors (Lipinski definition) is 12. The van der Waals surface area contributed by atoms with Crippen LogP contribution in [0.25, 0.3) is 0 Å². The van der Waals surface area contributed by atoms with Gasteiger partial charge in [-0.1, -0.05) is 185 Å². The number of hydrogen-bond acceptors (Lipinski definition) is 21. The number of rotatable bonds is 33. The van der Waals surface area contributed by atoms with Crippen LogP contribution in [0, 0.1) is 74.9 Å². The first kappa shape index (κ1) is 103. The molecule has 3 aliphatic heterocycles. The van der Waals surface area contributed by atoms with Gasteiger partial charge >= 0.3 is 18.1 Å². The largest absolute Gasteiger partial charge is 0.363 e. The SMILES string of the molecule is CC(C)(C)[C@H](NC(=O)NC1(Cc2nccs2)CCCCC1)C(=O)N1C[C@H]2[C@@H]([C@H]1C(=O)NC(CC1CC1)C(=O)C(N)=O)C2(Cl)Cl.CC(C)(C)[C@H](NC(=O)NC1(Cc2nccs2)CCCCC1)C(=O)N1C[C@H]2[C@@H]([C@H]1C(=O)NC(CC1CCC1)C(=O)C(N)=O)C2(C)C.CC(C)(C)[C@H](NC(=O)NC1(Cc2nccs2)CCCCC1)C(=O)N1C[C@H]2[C@@H]([C@H]1C(=O)NC(CC1CCC1)C(=O)C(N)=O)C2(Cl)Cl. The molecular formula is C94H136Cl4N18O15S3. The van der Waals surface area contributed by atoms with E-state index in [2.05, 4.69) is 76.7 Å². The number of primary amides is 3. The summed E-state index contributed by atoms with van der Waals surface area (Å²) in [5, 5.41) is 35.4. The maximum atomic E-state index is 14.4. The number of Topliss-reactive ketones (excluding diaryl/α,β-unsaturated/α-hetero) is 3. The molecule has 15 amide bonds. The average molecular weight is 2000 g/mol. The van der Waals surface area contributed by atoms with E-state index in [1.165, 1.54) is 9.80 Å². The summed E-state index contributed by atoms with van der Waals surface area (Å²) in [6.45, 7) is 21.6. The van der Waals surface area contributed by atoms with Crippen molar-refractivity contribution in [3.05, 3.63) is 49.8 Å². The number of carbonyl (C=O) groups is 15. The van der Waals surface area contributed by atoms with Gasteiger partial charge in [-0.15, -0.1) is 80.4 Å². The second kappa shape index (κ2) is 41.3. The van der Waals surface area contributed by atoms with Crippen LogP contribution >= 0.6 is 80.4 Å². The van der Waals surface area contributed by atoms with E-state index in [0.29, 0.717) is 45.1 Å². The number of halogens is 4. The number of nitrogens with one attached hydrogen (secondary N) is 9. The van der Waals surface area contributed by atoms with E-state index in [1.807, 2.05) is 78.5 Å². The molecule has 9 aliphatic carbocycles. The Balaban J connectivity index is 0.000000170. The summed E-state index contributed by atoms with van der Waals surface area (Å²) in [6.07, 6.45) is 29.9. The van der Waals surface area contributed by atoms with Crippen molar-refractivity contribution >= 4 is 169 Å². The average Bonchev–Trinajstić information content (AvgIpc) is 1.53. The zero-order valence-corrected chi connectivity index (χ0v) is 84.2. The van der Waals surface area contributed by atoms with Crippen LogP contribution in [0.2, 0.25) is 0 Å². The quantitative estimate of drug-likeness (QED) is 0.0199. The zero-order valence-electron chi connectivity index (χ0n) is 78.8. The molecule has 15 rings (SSSR count). The number of alkyl halides is 4. The smallest absolute Gasteiger partial charge is 0.315 e. The van der Waals surface area contributed by atoms with Gasteiger partial charge in [-0.05, 0) is 109 Å². The fraction of sp³-hybridized carbons (Fsp3) is 0.745. The first-order chi connectivity index (χ1) is 62.9. The van der Waals surface area contributed by atoms with Crippen LogP contribution in [0.1, 0.15) is 258 Å². The molecule has 15 atom stereocenters. The third-order valence-corrected chi connectivity index (χ3v) is 35.1. The number of urea groups is 3. The molecule has 15 N–H and O–H groups in total. The minimum Gasteiger partial charge on any atom is -0.363 e. The molecule has 12 aliphatic rings. The van der Waals surface area contributed by atoms with E-state index in [1.54, 1.807) is 57.5 Å². The molecule has 738 valence electrons. The first-order valence-electron chi connectivity index (χ1n) is 47.9. The van der Waals surface area contributed by atoms with Gasteiger partial charge in [0.25, 0.3) is 17.7 Å². The third kappa shape index (κ3) is 24.0. The molecule has 0 radical (unpaired) electrons. The van der Waals surface area contributed by atoms with Crippen LogP contribution in [0.4, 0.5) is 14.4 Å². The molecule has 12 fully saturated rings. The number of aromatic nitrogens is 3. The van der Waals surface area contributed by atoms with Gasteiger partial charge in [-0.25, -0.2) is 29.3 Å². The predicted molar refractivity (Wildman–Crippen MR) is 509 cm³/mol. The lowest BCUT2D eigenvalue weighted by atomic mass is 9.79. The van der Waals surface area contributed by atoms with Gasteiger partial charge in [0, 0.05) is 114 Å². The maximum absolute atomic E-state index is 14.4. The summed E-state index contributed by atoms with van der Waals surface area (Å²) in [5.41, 5.74) is 12.3. The molecule has 0 spiro atoms. The molecule has 0 aromatic carbocycles. The van der Waals surface area contributed by atoms with Crippen LogP contribution in [0.15, 0.2) is 34.7 Å². The standard InChI is InChI=1S/C33H50N6O5S.C31H44Cl2N6O5S.C30H42Cl2N6O5S/c1-31(2,3)26(37-30(44)38-33(12-7-6-8-13-33)17-22-35-14-15-45-22)29(43)39-18-20-23(32(20,4)5)24(39)28(42)36-21(25(40)27(34)41)16-19-10-9-11-19;1-29(2,3)24(37-28(44)38-30(10-5-4-6-11-30)15-20-35-12-13-45-20)27(43)39-16-18-21(31(18,32)33)22(39)26(42)36-19(23(40)25(34)41)14-17-8-7-9-17;1-28(2,3)23(36-27(43)37-29(9-5-4-6-10-29)14-19-34-11-12-44-19)26(42)38-15-17-20(30(17,31)32)21(38)25(41)35-18(13-16-7-8-16)22(39)24(33)40/h14-15,19-21,23-24,26H,6-13,16-18H2,1-5H3,(H2,34,41)(H,36,42)(H2,37,38,44);12-13,17-19,21-22,24H,4-11,14-16H2,1-3H3,(H2,34,41)(H,36,42)(H2,37,38,44);11-12,16-18,20-21,23H,4-10,13-15H2,1-3H3,(H2,33,40)(H,35,41)(H2,36,37,43)/t20-,21?,23-,24-,26+;18-,19?,21-,22-,24+;17-,18?,20-,21-,23+/m000/s1. The van der Waals surface area contributed by atoms with Gasteiger partial charge in [0.05, 0.1) is 33.1 Å². The van der Waals surface area contributed by atoms with E-state index in [0.717, 1.165) is 163 Å². The number of ketones is 3. The molecule has 134 heavy (non-hydrogen) atoms. The first-order valence-corrected chi connectivity index (χ1v) is 52.0. The molecule has 3 saturated heterocycles. The minimum atomic E-state index is -1.21. The third-order valence-electron chi connectivity index (χ3n) is 30.7. The van der Waals surface area contributed by atoms with Crippen LogP contribution in [0.5, 0.6) is 0 Å². The fourth-order valence-corrected chi connectivity index (χ4v) is 26.1. The molecule has 3 aromatic rings. The maximum Gasteiger partial charge on any atom is 0.315 e. The topological polar surface area (TPSA) is 491 Å². The highest BCUT2D eigenvalue weighted by Crippen LogP contribution is 2.68. The Labute approximate surface area is 816 Å². The number of nitrogens with zero attached hydrogens (tertiary/aromatic N) is 6. The Morgan fingerprint density at radius 2 is 0.642 bits per heavy atom. The van der Waals surface area contributed by atoms with E-state index in [4.69, 9.17) is 63.6 Å². The van der Waals surface area contributed by atoms with Crippen molar-refractivity contribution in [1.29, 1.82) is 0 Å². The van der Waals surface area contributed by atoms with Gasteiger partial charge in [-0.2, -0.15) is 0 Å². The monoisotopic (exact) mass is 1990 g/mol. The number of piperidine rings is 3. The Bertz CT molecular complexity index is 4640. The molecule has 3 aromatic heterocycles. The lowest BCUT2D eigenvalue weighted by Gasteiger charge is -2.40. The van der Waals surface area contributed by atoms with Gasteiger partial charge in [0.2, 0.25) is 52.8 Å². The molecule has 0 bridgehead atoms. The Hall–Kier alpha value is -7.90. The number of thiazole rings is 3. The Morgan fingerprint density at radius 1 is 0.381 bits per heavy atom. The Kier molecular flexibility index (Phi) is 31.9. The zero-order chi connectivity index (χ0) is 97.5. The van der Waals surface area contributed by atoms with E-state index >= 15 is 0 Å². The van der Waals surface area contributed by atoms with Crippen LogP contribution in [-0.2, 0) is 76.8 Å². The molecule has 6 heterocycles. The van der Waals surface area contributed by atoms with Crippen molar-refractivity contribution in [1.82, 2.24) is 77.5 Å². The highest BCUT2D eigenvalue weighted by molar-refractivity contribution is 7.10. The Morgan fingerprint density at radius 3 is 0.873 bits per heavy atom. The van der Waals surface area contributed by atoms with E-state index in [9.17, 15) is 71.9 Å². The summed E-state index contributed by atoms with van der Waals surface area (Å²) in [5.74, 6) is -9.88. The summed E-state index contributed by atoms with van der Waals surface area (Å²) in [6, 6.07) is -10.3. The summed E-state index contributed by atoms with van der Waals surface area (Å²) >= 11 is 30.8. The summed E-state index contributed by atoms with van der Waals surface area (Å²) < 4.78 is -2.41. The van der Waals surface area contributed by atoms with Crippen LogP contribution in [-0.4, -0.2) is 218 Å². The number of amides is 15. The number of likely N-dealkylation sites (tertiary alicyclic amines) is 3. The fourth-order valence-electron chi connectivity index (χ4n) is 22.2. The lowest BCUT2D eigenvalue weighted by Crippen LogP contribution is -2.63. The predicted octanol–water partition coefficient (Wildman–Crippen LogP) is 9.85. The lowest BCUT2D eigenvalue weighted by molar-refractivity contribution is -0.145. The molecular weight excluding hydrogens is 1860 g/mol. The molecule has 40 heteroatoms. The van der Waals surface area contributed by atoms with Crippen LogP contribution in [0.3, 0.4) is 0 Å². The van der Waals surface area contributed by atoms with Crippen molar-refractivity contribution < 1.29 is 71.9 Å². The summed E-state index contributed by atoms with van der Waals surface area (Å²) in [7, 11) is 0. The van der Waals surface area contributed by atoms with Gasteiger partial charge in [-0.3, -0.25) is 57.5 Å². The second-order valence-corrected chi connectivity index (χ2v) is 49.8. The second-order valence-electron chi connectivity index (χ2n) is 44.0. The van der Waals surface area contributed by atoms with Crippen molar-refractivity contribution in [3.8, 4) is 0 Å².